The maximum absolute atomic E-state index is 6.14. The quantitative estimate of drug-likeness (QED) is 0.632. The van der Waals surface area contributed by atoms with Gasteiger partial charge in [0, 0.05) is 36.3 Å². The summed E-state index contributed by atoms with van der Waals surface area (Å²) in [7, 11) is 2.00. The molecule has 0 aliphatic heterocycles. The summed E-state index contributed by atoms with van der Waals surface area (Å²) in [5.41, 5.74) is 2.99. The van der Waals surface area contributed by atoms with Gasteiger partial charge in [-0.3, -0.25) is 0 Å². The van der Waals surface area contributed by atoms with Crippen LogP contribution < -0.4 is 10.1 Å². The Morgan fingerprint density at radius 2 is 2.18 bits per heavy atom. The first-order chi connectivity index (χ1) is 10.5. The lowest BCUT2D eigenvalue weighted by Gasteiger charge is -2.11. The molecule has 0 bridgehead atoms. The van der Waals surface area contributed by atoms with Crippen molar-refractivity contribution in [1.82, 2.24) is 4.57 Å². The summed E-state index contributed by atoms with van der Waals surface area (Å²) in [6.45, 7) is 4.47. The molecule has 0 aliphatic rings. The maximum Gasteiger partial charge on any atom is 0.140 e. The number of anilines is 1. The highest BCUT2D eigenvalue weighted by molar-refractivity contribution is 7.81. The van der Waals surface area contributed by atoms with E-state index in [1.54, 1.807) is 6.07 Å². The molecule has 1 aromatic heterocycles. The molecule has 0 spiro atoms. The molecular weight excluding hydrogens is 316 g/mol. The SMILES string of the molecule is C/C=C/COc1cc(NC(=S)c2ccn(C)c2C)ccc1Cl. The summed E-state index contributed by atoms with van der Waals surface area (Å²) < 4.78 is 7.67. The smallest absolute Gasteiger partial charge is 0.140 e. The standard InChI is InChI=1S/C17H19ClN2OS/c1-4-5-10-21-16-11-13(6-7-15(16)18)19-17(22)14-8-9-20(3)12(14)2/h4-9,11H,10H2,1-3H3,(H,19,22)/b5-4+. The molecule has 1 N–H and O–H groups in total. The van der Waals surface area contributed by atoms with Crippen molar-refractivity contribution in [2.45, 2.75) is 13.8 Å². The first-order valence-corrected chi connectivity index (χ1v) is 7.78. The zero-order valence-electron chi connectivity index (χ0n) is 12.9. The Labute approximate surface area is 141 Å². The van der Waals surface area contributed by atoms with E-state index in [0.29, 0.717) is 22.4 Å². The third kappa shape index (κ3) is 3.90. The average Bonchev–Trinajstić information content (AvgIpc) is 2.82. The summed E-state index contributed by atoms with van der Waals surface area (Å²) in [5.74, 6) is 0.636. The van der Waals surface area contributed by atoms with Crippen molar-refractivity contribution in [1.29, 1.82) is 0 Å². The Morgan fingerprint density at radius 1 is 1.41 bits per heavy atom. The lowest BCUT2D eigenvalue weighted by molar-refractivity contribution is 0.363. The number of hydrogen-bond acceptors (Lipinski definition) is 2. The highest BCUT2D eigenvalue weighted by Gasteiger charge is 2.09. The van der Waals surface area contributed by atoms with Gasteiger partial charge in [-0.1, -0.05) is 36.0 Å². The fourth-order valence-corrected chi connectivity index (χ4v) is 2.48. The summed E-state index contributed by atoms with van der Waals surface area (Å²) >= 11 is 11.6. The largest absolute Gasteiger partial charge is 0.488 e. The molecule has 0 radical (unpaired) electrons. The van der Waals surface area contributed by atoms with Crippen LogP contribution in [0.15, 0.2) is 42.6 Å². The molecule has 0 saturated heterocycles. The van der Waals surface area contributed by atoms with Crippen LogP contribution in [-0.4, -0.2) is 16.2 Å². The minimum Gasteiger partial charge on any atom is -0.488 e. The molecule has 0 fully saturated rings. The van der Waals surface area contributed by atoms with Crippen molar-refractivity contribution in [3.8, 4) is 5.75 Å². The Balaban J connectivity index is 2.14. The molecule has 0 unspecified atom stereocenters. The number of halogens is 1. The van der Waals surface area contributed by atoms with Crippen LogP contribution >= 0.6 is 23.8 Å². The topological polar surface area (TPSA) is 26.2 Å². The van der Waals surface area contributed by atoms with Gasteiger partial charge >= 0.3 is 0 Å². The van der Waals surface area contributed by atoms with Gasteiger partial charge in [0.05, 0.1) is 5.02 Å². The van der Waals surface area contributed by atoms with Gasteiger partial charge in [-0.25, -0.2) is 0 Å². The molecule has 116 valence electrons. The molecule has 5 heteroatoms. The van der Waals surface area contributed by atoms with Gasteiger partial charge in [-0.15, -0.1) is 0 Å². The fraction of sp³-hybridized carbons (Fsp3) is 0.235. The predicted molar refractivity (Wildman–Crippen MR) is 97.2 cm³/mol. The van der Waals surface area contributed by atoms with E-state index in [1.165, 1.54) is 0 Å². The van der Waals surface area contributed by atoms with Gasteiger partial charge in [-0.05, 0) is 32.0 Å². The normalized spacial score (nSPS) is 10.9. The van der Waals surface area contributed by atoms with Crippen molar-refractivity contribution < 1.29 is 4.74 Å². The molecule has 3 nitrogen and oxygen atoms in total. The maximum atomic E-state index is 6.14. The molecule has 0 atom stereocenters. The third-order valence-corrected chi connectivity index (χ3v) is 4.02. The van der Waals surface area contributed by atoms with E-state index in [1.807, 2.05) is 62.0 Å². The van der Waals surface area contributed by atoms with Crippen LogP contribution in [0.2, 0.25) is 5.02 Å². The highest BCUT2D eigenvalue weighted by Crippen LogP contribution is 2.28. The van der Waals surface area contributed by atoms with Gasteiger partial charge in [0.2, 0.25) is 0 Å². The number of nitrogens with one attached hydrogen (secondary N) is 1. The number of nitrogens with zero attached hydrogens (tertiary/aromatic N) is 1. The van der Waals surface area contributed by atoms with Crippen molar-refractivity contribution >= 4 is 34.5 Å². The van der Waals surface area contributed by atoms with Crippen LogP contribution in [0.5, 0.6) is 5.75 Å². The van der Waals surface area contributed by atoms with Crippen LogP contribution in [0.1, 0.15) is 18.2 Å². The zero-order valence-corrected chi connectivity index (χ0v) is 14.5. The van der Waals surface area contributed by atoms with Crippen molar-refractivity contribution in [2.75, 3.05) is 11.9 Å². The average molecular weight is 335 g/mol. The molecule has 0 saturated carbocycles. The Kier molecular flexibility index (Phi) is 5.63. The van der Waals surface area contributed by atoms with Gasteiger partial charge < -0.3 is 14.6 Å². The molecule has 2 rings (SSSR count). The number of rotatable bonds is 5. The van der Waals surface area contributed by atoms with Crippen LogP contribution in [-0.2, 0) is 7.05 Å². The van der Waals surface area contributed by atoms with E-state index in [0.717, 1.165) is 16.9 Å². The molecule has 0 amide bonds. The molecule has 0 aliphatic carbocycles. The summed E-state index contributed by atoms with van der Waals surface area (Å²) in [5, 5.41) is 3.81. The number of hydrogen-bond donors (Lipinski definition) is 1. The molecule has 2 aromatic rings. The molecule has 22 heavy (non-hydrogen) atoms. The molecule has 1 heterocycles. The van der Waals surface area contributed by atoms with E-state index >= 15 is 0 Å². The number of allylic oxidation sites excluding steroid dienone is 1. The summed E-state index contributed by atoms with van der Waals surface area (Å²) in [6.07, 6.45) is 5.85. The number of thiocarbonyl (C=S) groups is 1. The number of ether oxygens (including phenoxy) is 1. The van der Waals surface area contributed by atoms with Gasteiger partial charge in [-0.2, -0.15) is 0 Å². The van der Waals surface area contributed by atoms with Crippen LogP contribution in [0.25, 0.3) is 0 Å². The Hall–Kier alpha value is -1.78. The second-order valence-corrected chi connectivity index (χ2v) is 5.72. The lowest BCUT2D eigenvalue weighted by Crippen LogP contribution is -2.11. The third-order valence-electron chi connectivity index (χ3n) is 3.39. The van der Waals surface area contributed by atoms with Gasteiger partial charge in [0.15, 0.2) is 0 Å². The van der Waals surface area contributed by atoms with Gasteiger partial charge in [0.1, 0.15) is 17.3 Å². The lowest BCUT2D eigenvalue weighted by atomic mass is 10.2. The fourth-order valence-electron chi connectivity index (χ4n) is 1.97. The Bertz CT molecular complexity index is 707. The van der Waals surface area contributed by atoms with Crippen molar-refractivity contribution in [2.24, 2.45) is 7.05 Å². The van der Waals surface area contributed by atoms with Crippen LogP contribution in [0, 0.1) is 6.92 Å². The summed E-state index contributed by atoms with van der Waals surface area (Å²) in [6, 6.07) is 7.55. The number of aryl methyl sites for hydroxylation is 1. The first kappa shape index (κ1) is 16.6. The Morgan fingerprint density at radius 3 is 2.82 bits per heavy atom. The monoisotopic (exact) mass is 334 g/mol. The van der Waals surface area contributed by atoms with Gasteiger partial charge in [0.25, 0.3) is 0 Å². The van der Waals surface area contributed by atoms with Crippen molar-refractivity contribution in [3.05, 3.63) is 58.9 Å². The minimum atomic E-state index is 0.488. The first-order valence-electron chi connectivity index (χ1n) is 6.99. The summed E-state index contributed by atoms with van der Waals surface area (Å²) in [4.78, 5) is 0.680. The van der Waals surface area contributed by atoms with Crippen LogP contribution in [0.3, 0.4) is 0 Å². The van der Waals surface area contributed by atoms with Crippen molar-refractivity contribution in [3.63, 3.8) is 0 Å². The van der Waals surface area contributed by atoms with E-state index < -0.39 is 0 Å². The second kappa shape index (κ2) is 7.47. The zero-order chi connectivity index (χ0) is 16.1. The number of aromatic nitrogens is 1. The predicted octanol–water partition coefficient (Wildman–Crippen LogP) is 4.73. The van der Waals surface area contributed by atoms with E-state index in [2.05, 4.69) is 5.32 Å². The second-order valence-electron chi connectivity index (χ2n) is 4.91. The number of benzene rings is 1. The van der Waals surface area contributed by atoms with Crippen LogP contribution in [0.4, 0.5) is 5.69 Å². The van der Waals surface area contributed by atoms with E-state index in [-0.39, 0.29) is 0 Å². The molecule has 1 aromatic carbocycles. The minimum absolute atomic E-state index is 0.488. The van der Waals surface area contributed by atoms with E-state index in [4.69, 9.17) is 28.6 Å². The highest BCUT2D eigenvalue weighted by atomic mass is 35.5. The molecular formula is C17H19ClN2OS. The van der Waals surface area contributed by atoms with E-state index in [9.17, 15) is 0 Å².